The van der Waals surface area contributed by atoms with Gasteiger partial charge >= 0.3 is 0 Å². The minimum Gasteiger partial charge on any atom is -0.494 e. The molecule has 118 valence electrons. The predicted molar refractivity (Wildman–Crippen MR) is 86.9 cm³/mol. The standard InChI is InChI=1S/C18H17FN2O2/c1-23-17-12-4-2-3-5-14(12)20-16(17)9-13-11-7-6-10(19)8-15(11)21-18(13)22/h6-9,20H,2-5H2,1H3,(H,21,22). The number of aromatic nitrogens is 1. The maximum Gasteiger partial charge on any atom is 0.256 e. The minimum absolute atomic E-state index is 0.222. The van der Waals surface area contributed by atoms with Crippen LogP contribution >= 0.6 is 0 Å². The first kappa shape index (κ1) is 14.1. The van der Waals surface area contributed by atoms with Crippen molar-refractivity contribution >= 4 is 23.2 Å². The van der Waals surface area contributed by atoms with E-state index in [9.17, 15) is 9.18 Å². The summed E-state index contributed by atoms with van der Waals surface area (Å²) in [5.41, 5.74) is 4.96. The van der Waals surface area contributed by atoms with Gasteiger partial charge in [-0.05, 0) is 50.0 Å². The Morgan fingerprint density at radius 3 is 2.91 bits per heavy atom. The molecule has 2 N–H and O–H groups in total. The van der Waals surface area contributed by atoms with Crippen LogP contribution in [0.5, 0.6) is 5.75 Å². The number of halogens is 1. The second-order valence-corrected chi connectivity index (χ2v) is 5.94. The van der Waals surface area contributed by atoms with E-state index in [2.05, 4.69) is 10.3 Å². The number of methoxy groups -OCH3 is 1. The van der Waals surface area contributed by atoms with E-state index in [-0.39, 0.29) is 11.7 Å². The van der Waals surface area contributed by atoms with Crippen LogP contribution in [0.1, 0.15) is 35.4 Å². The number of hydrogen-bond acceptors (Lipinski definition) is 2. The first-order valence-electron chi connectivity index (χ1n) is 7.78. The molecule has 0 atom stereocenters. The number of H-pyrrole nitrogens is 1. The first-order chi connectivity index (χ1) is 11.2. The molecule has 4 nitrogen and oxygen atoms in total. The molecule has 0 radical (unpaired) electrons. The average molecular weight is 312 g/mol. The number of nitrogens with one attached hydrogen (secondary N) is 2. The summed E-state index contributed by atoms with van der Waals surface area (Å²) in [6.45, 7) is 0. The fraction of sp³-hybridized carbons (Fsp3) is 0.278. The molecule has 4 rings (SSSR count). The molecule has 2 aromatic rings. The Hall–Kier alpha value is -2.56. The molecule has 1 aromatic carbocycles. The molecule has 2 heterocycles. The van der Waals surface area contributed by atoms with Crippen LogP contribution in [0.4, 0.5) is 10.1 Å². The van der Waals surface area contributed by atoms with Gasteiger partial charge in [0.15, 0.2) is 0 Å². The maximum absolute atomic E-state index is 13.3. The Kier molecular flexibility index (Phi) is 3.22. The molecule has 2 aliphatic rings. The van der Waals surface area contributed by atoms with E-state index in [0.29, 0.717) is 16.8 Å². The molecule has 0 unspecified atom stereocenters. The quantitative estimate of drug-likeness (QED) is 0.834. The van der Waals surface area contributed by atoms with Crippen LogP contribution in [0.15, 0.2) is 18.2 Å². The summed E-state index contributed by atoms with van der Waals surface area (Å²) in [6.07, 6.45) is 6.11. The van der Waals surface area contributed by atoms with Crippen molar-refractivity contribution in [2.45, 2.75) is 25.7 Å². The summed E-state index contributed by atoms with van der Waals surface area (Å²) < 4.78 is 18.9. The monoisotopic (exact) mass is 312 g/mol. The van der Waals surface area contributed by atoms with Crippen molar-refractivity contribution in [1.82, 2.24) is 4.98 Å². The normalized spacial score (nSPS) is 17.8. The largest absolute Gasteiger partial charge is 0.494 e. The number of anilines is 1. The Labute approximate surface area is 133 Å². The van der Waals surface area contributed by atoms with E-state index >= 15 is 0 Å². The third-order valence-corrected chi connectivity index (χ3v) is 4.53. The van der Waals surface area contributed by atoms with Gasteiger partial charge in [-0.3, -0.25) is 4.79 Å². The Morgan fingerprint density at radius 2 is 2.09 bits per heavy atom. The van der Waals surface area contributed by atoms with Crippen LogP contribution in [-0.2, 0) is 17.6 Å². The zero-order chi connectivity index (χ0) is 16.0. The number of benzene rings is 1. The van der Waals surface area contributed by atoms with Gasteiger partial charge in [-0.1, -0.05) is 0 Å². The molecule has 1 aromatic heterocycles. The van der Waals surface area contributed by atoms with Gasteiger partial charge in [0.05, 0.1) is 24.1 Å². The number of carbonyl (C=O) groups excluding carboxylic acids is 1. The molecular formula is C18H17FN2O2. The highest BCUT2D eigenvalue weighted by Crippen LogP contribution is 2.38. The van der Waals surface area contributed by atoms with Crippen molar-refractivity contribution in [3.8, 4) is 5.75 Å². The number of fused-ring (bicyclic) bond motifs is 2. The first-order valence-corrected chi connectivity index (χ1v) is 7.78. The number of carbonyl (C=O) groups is 1. The summed E-state index contributed by atoms with van der Waals surface area (Å²) in [6, 6.07) is 4.33. The van der Waals surface area contributed by atoms with Crippen molar-refractivity contribution < 1.29 is 13.9 Å². The molecular weight excluding hydrogens is 295 g/mol. The highest BCUT2D eigenvalue weighted by molar-refractivity contribution is 6.34. The van der Waals surface area contributed by atoms with Gasteiger partial charge in [0.25, 0.3) is 5.91 Å². The molecule has 1 aliphatic heterocycles. The van der Waals surface area contributed by atoms with E-state index in [1.54, 1.807) is 19.3 Å². The lowest BCUT2D eigenvalue weighted by Gasteiger charge is -2.11. The summed E-state index contributed by atoms with van der Waals surface area (Å²) >= 11 is 0. The van der Waals surface area contributed by atoms with E-state index in [0.717, 1.165) is 37.1 Å². The topological polar surface area (TPSA) is 54.1 Å². The average Bonchev–Trinajstić information content (AvgIpc) is 3.04. The van der Waals surface area contributed by atoms with Gasteiger partial charge in [0, 0.05) is 16.8 Å². The second-order valence-electron chi connectivity index (χ2n) is 5.94. The molecule has 0 spiro atoms. The molecule has 1 amide bonds. The van der Waals surface area contributed by atoms with Crippen molar-refractivity contribution in [3.05, 3.63) is 46.5 Å². The third-order valence-electron chi connectivity index (χ3n) is 4.53. The SMILES string of the molecule is COc1c(C=C2C(=O)Nc3cc(F)ccc32)[nH]c2c1CCCC2. The highest BCUT2D eigenvalue weighted by Gasteiger charge is 2.26. The second kappa shape index (κ2) is 5.26. The predicted octanol–water partition coefficient (Wildman–Crippen LogP) is 3.53. The Bertz CT molecular complexity index is 836. The van der Waals surface area contributed by atoms with Crippen LogP contribution in [0.3, 0.4) is 0 Å². The molecule has 0 bridgehead atoms. The van der Waals surface area contributed by atoms with Crippen molar-refractivity contribution in [1.29, 1.82) is 0 Å². The number of aromatic amines is 1. The van der Waals surface area contributed by atoms with Crippen molar-refractivity contribution in [3.63, 3.8) is 0 Å². The van der Waals surface area contributed by atoms with Crippen LogP contribution in [0, 0.1) is 5.82 Å². The van der Waals surface area contributed by atoms with Gasteiger partial charge in [-0.15, -0.1) is 0 Å². The summed E-state index contributed by atoms with van der Waals surface area (Å²) in [5, 5.41) is 2.71. The number of rotatable bonds is 2. The Morgan fingerprint density at radius 1 is 1.26 bits per heavy atom. The maximum atomic E-state index is 13.3. The lowest BCUT2D eigenvalue weighted by molar-refractivity contribution is -0.110. The fourth-order valence-corrected chi connectivity index (χ4v) is 3.46. The highest BCUT2D eigenvalue weighted by atomic mass is 19.1. The smallest absolute Gasteiger partial charge is 0.256 e. The zero-order valence-electron chi connectivity index (χ0n) is 12.8. The van der Waals surface area contributed by atoms with Crippen molar-refractivity contribution in [2.75, 3.05) is 12.4 Å². The molecule has 0 fully saturated rings. The van der Waals surface area contributed by atoms with Gasteiger partial charge in [0.2, 0.25) is 0 Å². The number of aryl methyl sites for hydroxylation is 1. The molecule has 1 aliphatic carbocycles. The van der Waals surface area contributed by atoms with Crippen LogP contribution in [0.2, 0.25) is 0 Å². The van der Waals surface area contributed by atoms with Gasteiger partial charge in [-0.25, -0.2) is 4.39 Å². The van der Waals surface area contributed by atoms with E-state index in [1.165, 1.54) is 23.4 Å². The summed E-state index contributed by atoms with van der Waals surface area (Å²) in [7, 11) is 1.65. The molecule has 23 heavy (non-hydrogen) atoms. The van der Waals surface area contributed by atoms with Gasteiger partial charge in [-0.2, -0.15) is 0 Å². The number of amides is 1. The van der Waals surface area contributed by atoms with Crippen molar-refractivity contribution in [2.24, 2.45) is 0 Å². The third kappa shape index (κ3) is 2.23. The number of ether oxygens (including phenoxy) is 1. The van der Waals surface area contributed by atoms with Crippen LogP contribution in [0.25, 0.3) is 11.6 Å². The zero-order valence-corrected chi connectivity index (χ0v) is 12.8. The summed E-state index contributed by atoms with van der Waals surface area (Å²) in [4.78, 5) is 15.6. The van der Waals surface area contributed by atoms with Crippen LogP contribution < -0.4 is 10.1 Å². The Balaban J connectivity index is 1.83. The molecule has 5 heteroatoms. The minimum atomic E-state index is -0.363. The lowest BCUT2D eigenvalue weighted by atomic mass is 9.97. The lowest BCUT2D eigenvalue weighted by Crippen LogP contribution is -2.03. The van der Waals surface area contributed by atoms with E-state index in [1.807, 2.05) is 0 Å². The van der Waals surface area contributed by atoms with E-state index in [4.69, 9.17) is 4.74 Å². The molecule has 0 saturated carbocycles. The number of hydrogen-bond donors (Lipinski definition) is 2. The van der Waals surface area contributed by atoms with Gasteiger partial charge in [0.1, 0.15) is 11.6 Å². The summed E-state index contributed by atoms with van der Waals surface area (Å²) in [5.74, 6) is 0.231. The van der Waals surface area contributed by atoms with Crippen LogP contribution in [-0.4, -0.2) is 18.0 Å². The molecule has 0 saturated heterocycles. The van der Waals surface area contributed by atoms with Gasteiger partial charge < -0.3 is 15.0 Å². The fourth-order valence-electron chi connectivity index (χ4n) is 3.46. The van der Waals surface area contributed by atoms with E-state index < -0.39 is 0 Å².